The van der Waals surface area contributed by atoms with E-state index in [0.29, 0.717) is 25.6 Å². The summed E-state index contributed by atoms with van der Waals surface area (Å²) in [6.45, 7) is 1.85. The van der Waals surface area contributed by atoms with Crippen molar-refractivity contribution in [3.05, 3.63) is 0 Å². The van der Waals surface area contributed by atoms with Crippen LogP contribution in [0.3, 0.4) is 0 Å². The van der Waals surface area contributed by atoms with Crippen molar-refractivity contribution in [3.63, 3.8) is 0 Å². The Hall–Kier alpha value is -1.10. The third-order valence-corrected chi connectivity index (χ3v) is 7.71. The molecule has 5 aliphatic carbocycles. The number of hydrogen-bond acceptors (Lipinski definition) is 3. The number of carbonyl (C=O) groups is 2. The van der Waals surface area contributed by atoms with Gasteiger partial charge in [-0.25, -0.2) is 0 Å². The summed E-state index contributed by atoms with van der Waals surface area (Å²) in [5.41, 5.74) is -0.109. The quantitative estimate of drug-likeness (QED) is 0.592. The van der Waals surface area contributed by atoms with Gasteiger partial charge in [-0.15, -0.1) is 0 Å². The van der Waals surface area contributed by atoms with Gasteiger partial charge in [-0.3, -0.25) is 9.59 Å². The second-order valence-corrected chi connectivity index (χ2v) is 10.0. The lowest BCUT2D eigenvalue weighted by molar-refractivity contribution is -0.146. The molecule has 5 saturated carbocycles. The van der Waals surface area contributed by atoms with E-state index >= 15 is 0 Å². The Kier molecular flexibility index (Phi) is 6.59. The molecule has 0 aromatic heterocycles. The summed E-state index contributed by atoms with van der Waals surface area (Å²) in [7, 11) is 0. The molecule has 5 fully saturated rings. The highest BCUT2D eigenvalue weighted by Crippen LogP contribution is 2.60. The molecule has 0 radical (unpaired) electrons. The van der Waals surface area contributed by atoms with Gasteiger partial charge in [-0.05, 0) is 75.5 Å². The number of hydrogen-bond donors (Lipinski definition) is 2. The summed E-state index contributed by atoms with van der Waals surface area (Å²) in [4.78, 5) is 24.9. The van der Waals surface area contributed by atoms with E-state index < -0.39 is 0 Å². The molecule has 158 valence electrons. The van der Waals surface area contributed by atoms with Gasteiger partial charge in [-0.1, -0.05) is 19.3 Å². The zero-order valence-corrected chi connectivity index (χ0v) is 17.3. The molecular formula is C23H38N2O3. The van der Waals surface area contributed by atoms with Crippen LogP contribution in [0.5, 0.6) is 0 Å². The van der Waals surface area contributed by atoms with Gasteiger partial charge in [0.2, 0.25) is 11.8 Å². The Balaban J connectivity index is 1.07. The average molecular weight is 391 g/mol. The summed E-state index contributed by atoms with van der Waals surface area (Å²) < 4.78 is 5.89. The number of rotatable bonds is 9. The fraction of sp³-hybridized carbons (Fsp3) is 0.913. The molecule has 0 atom stereocenters. The lowest BCUT2D eigenvalue weighted by Gasteiger charge is -2.55. The minimum Gasteiger partial charge on any atom is -0.378 e. The molecule has 4 bridgehead atoms. The number of carbonyl (C=O) groups excluding carboxylic acids is 2. The van der Waals surface area contributed by atoms with Crippen molar-refractivity contribution in [1.29, 1.82) is 0 Å². The van der Waals surface area contributed by atoms with Crippen LogP contribution in [0.25, 0.3) is 0 Å². The number of amides is 2. The van der Waals surface area contributed by atoms with E-state index in [9.17, 15) is 9.59 Å². The molecule has 5 aliphatic rings. The first-order chi connectivity index (χ1) is 13.6. The van der Waals surface area contributed by atoms with Gasteiger partial charge >= 0.3 is 0 Å². The predicted molar refractivity (Wildman–Crippen MR) is 109 cm³/mol. The highest BCUT2D eigenvalue weighted by atomic mass is 16.5. The molecule has 0 spiro atoms. The Morgan fingerprint density at radius 2 is 1.50 bits per heavy atom. The van der Waals surface area contributed by atoms with E-state index in [2.05, 4.69) is 10.6 Å². The van der Waals surface area contributed by atoms with Crippen LogP contribution in [0.15, 0.2) is 0 Å². The summed E-state index contributed by atoms with van der Waals surface area (Å²) in [5.74, 6) is 2.58. The van der Waals surface area contributed by atoms with E-state index in [0.717, 1.165) is 50.0 Å². The minimum atomic E-state index is -0.109. The van der Waals surface area contributed by atoms with E-state index in [1.807, 2.05) is 0 Å². The molecule has 2 amide bonds. The number of ether oxygens (including phenoxy) is 1. The fourth-order valence-corrected chi connectivity index (χ4v) is 6.74. The first kappa shape index (κ1) is 20.2. The van der Waals surface area contributed by atoms with Crippen LogP contribution in [-0.4, -0.2) is 37.6 Å². The van der Waals surface area contributed by atoms with Crippen LogP contribution >= 0.6 is 0 Å². The van der Waals surface area contributed by atoms with Crippen LogP contribution in [0.4, 0.5) is 0 Å². The summed E-state index contributed by atoms with van der Waals surface area (Å²) in [5, 5.41) is 6.05. The lowest BCUT2D eigenvalue weighted by Crippen LogP contribution is -2.53. The lowest BCUT2D eigenvalue weighted by atomic mass is 9.49. The van der Waals surface area contributed by atoms with Crippen molar-refractivity contribution in [2.45, 2.75) is 89.6 Å². The minimum absolute atomic E-state index is 0.0310. The maximum absolute atomic E-state index is 12.9. The van der Waals surface area contributed by atoms with Crippen LogP contribution in [0, 0.1) is 23.2 Å². The van der Waals surface area contributed by atoms with Gasteiger partial charge in [0.15, 0.2) is 0 Å². The fourth-order valence-electron chi connectivity index (χ4n) is 6.74. The molecular weight excluding hydrogens is 352 g/mol. The van der Waals surface area contributed by atoms with Gasteiger partial charge in [0, 0.05) is 31.5 Å². The largest absolute Gasteiger partial charge is 0.378 e. The van der Waals surface area contributed by atoms with Gasteiger partial charge in [0.1, 0.15) is 0 Å². The molecule has 0 aromatic rings. The molecule has 0 unspecified atom stereocenters. The highest BCUT2D eigenvalue weighted by Gasteiger charge is 2.54. The van der Waals surface area contributed by atoms with Crippen molar-refractivity contribution in [2.75, 3.05) is 19.7 Å². The Morgan fingerprint density at radius 3 is 2.14 bits per heavy atom. The summed E-state index contributed by atoms with van der Waals surface area (Å²) in [6.07, 6.45) is 15.3. The van der Waals surface area contributed by atoms with Crippen molar-refractivity contribution < 1.29 is 14.3 Å². The van der Waals surface area contributed by atoms with Crippen molar-refractivity contribution in [1.82, 2.24) is 10.6 Å². The zero-order valence-electron chi connectivity index (χ0n) is 17.3. The third-order valence-electron chi connectivity index (χ3n) is 7.71. The van der Waals surface area contributed by atoms with E-state index in [-0.39, 0.29) is 17.2 Å². The molecule has 5 rings (SSSR count). The van der Waals surface area contributed by atoms with Crippen LogP contribution in [0.2, 0.25) is 0 Å². The normalized spacial score (nSPS) is 34.4. The van der Waals surface area contributed by atoms with Crippen molar-refractivity contribution in [2.24, 2.45) is 23.2 Å². The maximum Gasteiger partial charge on any atom is 0.226 e. The molecule has 0 aliphatic heterocycles. The third kappa shape index (κ3) is 4.90. The van der Waals surface area contributed by atoms with E-state index in [4.69, 9.17) is 4.74 Å². The smallest absolute Gasteiger partial charge is 0.226 e. The monoisotopic (exact) mass is 390 g/mol. The molecule has 0 heterocycles. The second kappa shape index (κ2) is 9.15. The van der Waals surface area contributed by atoms with E-state index in [1.54, 1.807) is 0 Å². The predicted octanol–water partition coefficient (Wildman–Crippen LogP) is 3.56. The molecule has 2 N–H and O–H groups in total. The topological polar surface area (TPSA) is 67.4 Å². The molecule has 0 aromatic carbocycles. The van der Waals surface area contributed by atoms with Crippen molar-refractivity contribution >= 4 is 11.8 Å². The Bertz CT molecular complexity index is 521. The average Bonchev–Trinajstić information content (AvgIpc) is 2.67. The second-order valence-electron chi connectivity index (χ2n) is 10.0. The van der Waals surface area contributed by atoms with Gasteiger partial charge in [-0.2, -0.15) is 0 Å². The standard InChI is InChI=1S/C23H38N2O3/c26-21(24-8-4-10-28-20-5-2-1-3-6-20)7-9-25-22(27)23-14-17-11-18(15-23)13-19(12-17)16-23/h17-20H,1-16H2,(H,24,26)(H,25,27). The maximum atomic E-state index is 12.9. The number of nitrogens with one attached hydrogen (secondary N) is 2. The van der Waals surface area contributed by atoms with E-state index in [1.165, 1.54) is 51.4 Å². The first-order valence-corrected chi connectivity index (χ1v) is 11.8. The molecule has 5 heteroatoms. The van der Waals surface area contributed by atoms with Gasteiger partial charge < -0.3 is 15.4 Å². The molecule has 0 saturated heterocycles. The summed E-state index contributed by atoms with van der Waals surface area (Å²) >= 11 is 0. The van der Waals surface area contributed by atoms with Crippen LogP contribution in [-0.2, 0) is 14.3 Å². The van der Waals surface area contributed by atoms with Crippen LogP contribution in [0.1, 0.15) is 83.5 Å². The SMILES string of the molecule is O=C(CCNC(=O)C12CC3CC(CC(C3)C1)C2)NCCCOC1CCCCC1. The zero-order chi connectivity index (χ0) is 19.4. The van der Waals surface area contributed by atoms with Gasteiger partial charge in [0.25, 0.3) is 0 Å². The molecule has 28 heavy (non-hydrogen) atoms. The Morgan fingerprint density at radius 1 is 0.857 bits per heavy atom. The highest BCUT2D eigenvalue weighted by molar-refractivity contribution is 5.84. The first-order valence-electron chi connectivity index (χ1n) is 11.8. The van der Waals surface area contributed by atoms with Crippen molar-refractivity contribution in [3.8, 4) is 0 Å². The van der Waals surface area contributed by atoms with Gasteiger partial charge in [0.05, 0.1) is 6.10 Å². The Labute approximate surface area is 169 Å². The summed E-state index contributed by atoms with van der Waals surface area (Å²) in [6, 6.07) is 0. The molecule has 5 nitrogen and oxygen atoms in total. The van der Waals surface area contributed by atoms with Crippen LogP contribution < -0.4 is 10.6 Å².